The number of benzene rings is 2. The molecule has 0 saturated heterocycles. The van der Waals surface area contributed by atoms with Crippen LogP contribution in [0.25, 0.3) is 0 Å². The maximum atomic E-state index is 13.7. The molecule has 0 radical (unpaired) electrons. The van der Waals surface area contributed by atoms with Crippen molar-refractivity contribution >= 4 is 30.1 Å². The van der Waals surface area contributed by atoms with Gasteiger partial charge in [0.2, 0.25) is 11.8 Å². The van der Waals surface area contributed by atoms with Gasteiger partial charge in [-0.05, 0) is 53.5 Å². The van der Waals surface area contributed by atoms with Crippen LogP contribution in [0, 0.1) is 16.6 Å². The fraction of sp³-hybridized carbons (Fsp3) is 0.515. The summed E-state index contributed by atoms with van der Waals surface area (Å²) in [6.07, 6.45) is 4.40. The molecule has 0 spiro atoms. The molecule has 0 heterocycles. The van der Waals surface area contributed by atoms with E-state index in [4.69, 9.17) is 4.74 Å². The van der Waals surface area contributed by atoms with Crippen molar-refractivity contribution in [2.24, 2.45) is 15.8 Å². The van der Waals surface area contributed by atoms with Crippen molar-refractivity contribution in [3.63, 3.8) is 0 Å². The van der Waals surface area contributed by atoms with Gasteiger partial charge in [0, 0.05) is 51.8 Å². The second-order valence-electron chi connectivity index (χ2n) is 12.7. The highest BCUT2D eigenvalue weighted by Crippen LogP contribution is 2.27. The van der Waals surface area contributed by atoms with Crippen molar-refractivity contribution in [3.8, 4) is 5.75 Å². The predicted molar refractivity (Wildman–Crippen MR) is 167 cm³/mol. The van der Waals surface area contributed by atoms with Crippen molar-refractivity contribution < 1.29 is 23.5 Å². The first-order valence-electron chi connectivity index (χ1n) is 14.4. The summed E-state index contributed by atoms with van der Waals surface area (Å²) in [5.41, 5.74) is 1.81. The van der Waals surface area contributed by atoms with E-state index in [2.05, 4.69) is 31.1 Å². The van der Waals surface area contributed by atoms with Gasteiger partial charge in [0.15, 0.2) is 6.29 Å². The molecule has 1 N–H and O–H groups in total. The Labute approximate surface area is 250 Å². The molecule has 2 aromatic rings. The topological polar surface area (TPSA) is 91.3 Å². The molecule has 0 aliphatic carbocycles. The van der Waals surface area contributed by atoms with E-state index < -0.39 is 11.2 Å². The summed E-state index contributed by atoms with van der Waals surface area (Å²) in [4.78, 5) is 44.1. The van der Waals surface area contributed by atoms with Crippen LogP contribution < -0.4 is 10.1 Å². The van der Waals surface area contributed by atoms with Crippen molar-refractivity contribution in [2.75, 3.05) is 45.7 Å². The maximum absolute atomic E-state index is 13.7. The minimum absolute atomic E-state index is 0.00987. The number of halogens is 1. The number of aliphatic imine (C=N–C) groups is 1. The van der Waals surface area contributed by atoms with E-state index in [1.807, 2.05) is 38.1 Å². The minimum Gasteiger partial charge on any atom is -0.492 e. The molecular weight excluding hydrogens is 535 g/mol. The van der Waals surface area contributed by atoms with E-state index >= 15 is 0 Å². The van der Waals surface area contributed by atoms with Gasteiger partial charge in [0.1, 0.15) is 18.2 Å². The van der Waals surface area contributed by atoms with Crippen LogP contribution in [0.2, 0.25) is 0 Å². The summed E-state index contributed by atoms with van der Waals surface area (Å²) in [5, 5.41) is 3.20. The highest BCUT2D eigenvalue weighted by atomic mass is 19.1. The Hall–Kier alpha value is -3.75. The Kier molecular flexibility index (Phi) is 13.2. The first-order valence-corrected chi connectivity index (χ1v) is 14.4. The molecule has 0 aliphatic heterocycles. The van der Waals surface area contributed by atoms with Gasteiger partial charge in [-0.25, -0.2) is 4.39 Å². The monoisotopic (exact) mass is 582 g/mol. The van der Waals surface area contributed by atoms with Crippen LogP contribution in [0.5, 0.6) is 5.75 Å². The second-order valence-corrected chi connectivity index (χ2v) is 12.7. The molecule has 2 rings (SSSR count). The summed E-state index contributed by atoms with van der Waals surface area (Å²) >= 11 is 0. The Morgan fingerprint density at radius 3 is 2.14 bits per heavy atom. The number of ether oxygens (including phenoxy) is 1. The fourth-order valence-electron chi connectivity index (χ4n) is 4.04. The summed E-state index contributed by atoms with van der Waals surface area (Å²) in [6, 6.07) is 12.1. The molecular formula is C33H47FN4O4. The third kappa shape index (κ3) is 12.8. The molecule has 0 unspecified atom stereocenters. The zero-order chi connectivity index (χ0) is 31.3. The molecule has 9 heteroatoms. The van der Waals surface area contributed by atoms with Gasteiger partial charge in [-0.3, -0.25) is 19.4 Å². The number of rotatable bonds is 16. The molecule has 2 aromatic carbocycles. The summed E-state index contributed by atoms with van der Waals surface area (Å²) in [6.45, 7) is 12.3. The van der Waals surface area contributed by atoms with E-state index in [9.17, 15) is 18.8 Å². The van der Waals surface area contributed by atoms with Crippen LogP contribution in [0.4, 0.5) is 10.1 Å². The van der Waals surface area contributed by atoms with Gasteiger partial charge in [0.05, 0.1) is 18.4 Å². The molecule has 230 valence electrons. The number of carbonyl (C=O) groups is 3. The number of amides is 2. The van der Waals surface area contributed by atoms with E-state index in [0.717, 1.165) is 36.7 Å². The first kappa shape index (κ1) is 34.5. The van der Waals surface area contributed by atoms with Crippen molar-refractivity contribution in [3.05, 3.63) is 59.4 Å². The smallest absolute Gasteiger partial charge is 0.222 e. The summed E-state index contributed by atoms with van der Waals surface area (Å²) in [5.74, 6) is -0.474. The maximum Gasteiger partial charge on any atom is 0.222 e. The van der Waals surface area contributed by atoms with Crippen LogP contribution in [-0.4, -0.2) is 74.6 Å². The molecule has 0 saturated carbocycles. The Balaban J connectivity index is 1.73. The number of anilines is 1. The molecule has 0 fully saturated rings. The summed E-state index contributed by atoms with van der Waals surface area (Å²) < 4.78 is 19.3. The molecule has 0 aromatic heterocycles. The van der Waals surface area contributed by atoms with Gasteiger partial charge in [-0.15, -0.1) is 0 Å². The average molecular weight is 583 g/mol. The lowest BCUT2D eigenvalue weighted by molar-refractivity contribution is -0.135. The Morgan fingerprint density at radius 1 is 0.952 bits per heavy atom. The third-order valence-corrected chi connectivity index (χ3v) is 6.91. The molecule has 0 bridgehead atoms. The average Bonchev–Trinajstić information content (AvgIpc) is 2.91. The zero-order valence-electron chi connectivity index (χ0n) is 26.2. The zero-order valence-corrected chi connectivity index (χ0v) is 26.2. The van der Waals surface area contributed by atoms with Crippen molar-refractivity contribution in [1.29, 1.82) is 0 Å². The second kappa shape index (κ2) is 16.0. The number of aldehydes is 1. The van der Waals surface area contributed by atoms with Crippen LogP contribution in [0.1, 0.15) is 69.8 Å². The molecule has 2 amide bonds. The van der Waals surface area contributed by atoms with Crippen LogP contribution in [0.15, 0.2) is 47.5 Å². The first-order chi connectivity index (χ1) is 19.7. The lowest BCUT2D eigenvalue weighted by atomic mass is 9.84. The van der Waals surface area contributed by atoms with Gasteiger partial charge in [-0.1, -0.05) is 46.8 Å². The van der Waals surface area contributed by atoms with Crippen LogP contribution >= 0.6 is 0 Å². The van der Waals surface area contributed by atoms with Crippen molar-refractivity contribution in [1.82, 2.24) is 9.80 Å². The number of carbonyl (C=O) groups excluding carboxylic acids is 3. The van der Waals surface area contributed by atoms with Crippen LogP contribution in [-0.2, 0) is 16.0 Å². The molecule has 42 heavy (non-hydrogen) atoms. The predicted octanol–water partition coefficient (Wildman–Crippen LogP) is 5.86. The lowest BCUT2D eigenvalue weighted by Crippen LogP contribution is -2.37. The number of hydrogen-bond donors (Lipinski definition) is 1. The standard InChI is InChI=1S/C33H47FN4O4/c1-32(2,3)15-16-35-24-36-27-11-8-25(9-12-27)14-17-37(6)30(40)21-33(4,5)22-31(41)38(7)18-19-42-28-13-10-26(23-39)29(34)20-28/h8-13,20,23-24H,14-19,21-22H2,1-7H3,(H,35,36). The molecule has 8 nitrogen and oxygen atoms in total. The number of nitrogens with one attached hydrogen (secondary N) is 1. The Morgan fingerprint density at radius 2 is 1.57 bits per heavy atom. The van der Waals surface area contributed by atoms with Crippen LogP contribution in [0.3, 0.4) is 0 Å². The number of nitrogens with zero attached hydrogens (tertiary/aromatic N) is 3. The fourth-order valence-corrected chi connectivity index (χ4v) is 4.04. The van der Waals surface area contributed by atoms with Gasteiger partial charge >= 0.3 is 0 Å². The summed E-state index contributed by atoms with van der Waals surface area (Å²) in [7, 11) is 3.46. The van der Waals surface area contributed by atoms with Gasteiger partial charge < -0.3 is 19.9 Å². The van der Waals surface area contributed by atoms with E-state index in [-0.39, 0.29) is 48.0 Å². The van der Waals surface area contributed by atoms with Crippen molar-refractivity contribution in [2.45, 2.75) is 60.3 Å². The number of hydrogen-bond acceptors (Lipinski definition) is 5. The quantitative estimate of drug-likeness (QED) is 0.152. The van der Waals surface area contributed by atoms with Gasteiger partial charge in [0.25, 0.3) is 0 Å². The van der Waals surface area contributed by atoms with E-state index in [1.165, 1.54) is 12.1 Å². The third-order valence-electron chi connectivity index (χ3n) is 6.91. The van der Waals surface area contributed by atoms with E-state index in [1.54, 1.807) is 30.2 Å². The molecule has 0 aliphatic rings. The normalized spacial score (nSPS) is 11.8. The highest BCUT2D eigenvalue weighted by molar-refractivity contribution is 5.80. The SMILES string of the molecule is CN(CCOc1ccc(C=O)c(F)c1)C(=O)CC(C)(C)CC(=O)N(C)CCc1ccc(NC=NCCC(C)(C)C)cc1. The lowest BCUT2D eigenvalue weighted by Gasteiger charge is -2.28. The highest BCUT2D eigenvalue weighted by Gasteiger charge is 2.28. The molecule has 0 atom stereocenters. The number of likely N-dealkylation sites (N-methyl/N-ethyl adjacent to an activating group) is 2. The largest absolute Gasteiger partial charge is 0.492 e. The minimum atomic E-state index is -0.651. The van der Waals surface area contributed by atoms with Gasteiger partial charge in [-0.2, -0.15) is 0 Å². The van der Waals surface area contributed by atoms with E-state index in [0.29, 0.717) is 19.4 Å². The Bertz CT molecular complexity index is 1210.